The van der Waals surface area contributed by atoms with Gasteiger partial charge in [-0.25, -0.2) is 0 Å². The van der Waals surface area contributed by atoms with Crippen LogP contribution in [0.4, 0.5) is 0 Å². The number of nitrogens with two attached hydrogens (primary N) is 1. The highest BCUT2D eigenvalue weighted by Gasteiger charge is 2.51. The standard InChI is InChI=1S/C13H22N2O/c14-13(11-5-6-11)8-15(9-13)12(16)7-10-3-1-2-4-10/h10-11H,1-9,14H2. The number of amides is 1. The van der Waals surface area contributed by atoms with Gasteiger partial charge in [0, 0.05) is 19.5 Å². The summed E-state index contributed by atoms with van der Waals surface area (Å²) in [5.74, 6) is 1.73. The molecular weight excluding hydrogens is 200 g/mol. The first-order valence-electron chi connectivity index (χ1n) is 6.74. The first kappa shape index (κ1) is 10.6. The molecule has 2 saturated carbocycles. The summed E-state index contributed by atoms with van der Waals surface area (Å²) in [7, 11) is 0. The molecule has 0 spiro atoms. The molecule has 0 aromatic rings. The summed E-state index contributed by atoms with van der Waals surface area (Å²) in [5, 5.41) is 0. The summed E-state index contributed by atoms with van der Waals surface area (Å²) in [6, 6.07) is 0. The Morgan fingerprint density at radius 2 is 1.81 bits per heavy atom. The number of rotatable bonds is 3. The van der Waals surface area contributed by atoms with Crippen LogP contribution < -0.4 is 5.73 Å². The van der Waals surface area contributed by atoms with Crippen molar-refractivity contribution in [1.29, 1.82) is 0 Å². The minimum atomic E-state index is -0.00860. The topological polar surface area (TPSA) is 46.3 Å². The monoisotopic (exact) mass is 222 g/mol. The van der Waals surface area contributed by atoms with Crippen LogP contribution in [0.5, 0.6) is 0 Å². The molecule has 3 heteroatoms. The van der Waals surface area contributed by atoms with E-state index in [-0.39, 0.29) is 5.54 Å². The van der Waals surface area contributed by atoms with Crippen LogP contribution in [-0.4, -0.2) is 29.4 Å². The van der Waals surface area contributed by atoms with Gasteiger partial charge >= 0.3 is 0 Å². The number of carbonyl (C=O) groups is 1. The van der Waals surface area contributed by atoms with Crippen molar-refractivity contribution < 1.29 is 4.79 Å². The Bertz CT molecular complexity index is 286. The van der Waals surface area contributed by atoms with E-state index in [1.54, 1.807) is 0 Å². The molecule has 0 aromatic heterocycles. The van der Waals surface area contributed by atoms with Crippen molar-refractivity contribution in [2.24, 2.45) is 17.6 Å². The average molecular weight is 222 g/mol. The van der Waals surface area contributed by atoms with Crippen LogP contribution in [0.2, 0.25) is 0 Å². The lowest BCUT2D eigenvalue weighted by atomic mass is 9.85. The Morgan fingerprint density at radius 1 is 1.19 bits per heavy atom. The van der Waals surface area contributed by atoms with Gasteiger partial charge in [0.1, 0.15) is 0 Å². The molecule has 1 heterocycles. The first-order valence-corrected chi connectivity index (χ1v) is 6.74. The molecule has 0 bridgehead atoms. The molecular formula is C13H22N2O. The van der Waals surface area contributed by atoms with E-state index in [4.69, 9.17) is 5.73 Å². The predicted octanol–water partition coefficient (Wildman–Crippen LogP) is 1.52. The van der Waals surface area contributed by atoms with Gasteiger partial charge in [0.25, 0.3) is 0 Å². The molecule has 2 N–H and O–H groups in total. The van der Waals surface area contributed by atoms with Crippen LogP contribution in [0.3, 0.4) is 0 Å². The lowest BCUT2D eigenvalue weighted by Crippen LogP contribution is -2.69. The van der Waals surface area contributed by atoms with Gasteiger partial charge in [0.2, 0.25) is 5.91 Å². The fraction of sp³-hybridized carbons (Fsp3) is 0.923. The summed E-state index contributed by atoms with van der Waals surface area (Å²) < 4.78 is 0. The van der Waals surface area contributed by atoms with Crippen LogP contribution in [0.1, 0.15) is 44.9 Å². The first-order chi connectivity index (χ1) is 7.67. The Kier molecular flexibility index (Phi) is 2.46. The van der Waals surface area contributed by atoms with Crippen LogP contribution in [0, 0.1) is 11.8 Å². The molecule has 16 heavy (non-hydrogen) atoms. The fourth-order valence-electron chi connectivity index (χ4n) is 3.35. The van der Waals surface area contributed by atoms with E-state index in [0.717, 1.165) is 19.5 Å². The summed E-state index contributed by atoms with van der Waals surface area (Å²) >= 11 is 0. The van der Waals surface area contributed by atoms with Crippen molar-refractivity contribution in [3.63, 3.8) is 0 Å². The molecule has 2 aliphatic carbocycles. The number of carbonyl (C=O) groups excluding carboxylic acids is 1. The van der Waals surface area contributed by atoms with Crippen molar-refractivity contribution in [3.05, 3.63) is 0 Å². The number of hydrogen-bond acceptors (Lipinski definition) is 2. The molecule has 0 atom stereocenters. The number of hydrogen-bond donors (Lipinski definition) is 1. The van der Waals surface area contributed by atoms with Crippen molar-refractivity contribution in [2.45, 2.75) is 50.5 Å². The van der Waals surface area contributed by atoms with Crippen LogP contribution in [0.15, 0.2) is 0 Å². The number of nitrogens with zero attached hydrogens (tertiary/aromatic N) is 1. The molecule has 3 nitrogen and oxygen atoms in total. The van der Waals surface area contributed by atoms with Gasteiger partial charge in [-0.1, -0.05) is 12.8 Å². The smallest absolute Gasteiger partial charge is 0.222 e. The van der Waals surface area contributed by atoms with Gasteiger partial charge < -0.3 is 10.6 Å². The molecule has 1 saturated heterocycles. The second-order valence-corrected chi connectivity index (χ2v) is 6.11. The van der Waals surface area contributed by atoms with Gasteiger partial charge in [-0.05, 0) is 37.5 Å². The van der Waals surface area contributed by atoms with Crippen molar-refractivity contribution in [1.82, 2.24) is 4.90 Å². The van der Waals surface area contributed by atoms with Crippen molar-refractivity contribution in [2.75, 3.05) is 13.1 Å². The third-order valence-electron chi connectivity index (χ3n) is 4.65. The lowest BCUT2D eigenvalue weighted by molar-refractivity contribution is -0.140. The molecule has 90 valence electrons. The number of likely N-dealkylation sites (tertiary alicyclic amines) is 1. The van der Waals surface area contributed by atoms with Crippen LogP contribution >= 0.6 is 0 Å². The SMILES string of the molecule is NC1(C2CC2)CN(C(=O)CC2CCCC2)C1. The van der Waals surface area contributed by atoms with Crippen LogP contribution in [-0.2, 0) is 4.79 Å². The Balaban J connectivity index is 1.46. The molecule has 0 aromatic carbocycles. The maximum Gasteiger partial charge on any atom is 0.222 e. The Labute approximate surface area is 97.4 Å². The summed E-state index contributed by atoms with van der Waals surface area (Å²) in [4.78, 5) is 14.0. The quantitative estimate of drug-likeness (QED) is 0.787. The molecule has 1 amide bonds. The third-order valence-corrected chi connectivity index (χ3v) is 4.65. The van der Waals surface area contributed by atoms with Gasteiger partial charge in [0.15, 0.2) is 0 Å². The lowest BCUT2D eigenvalue weighted by Gasteiger charge is -2.48. The Hall–Kier alpha value is -0.570. The highest BCUT2D eigenvalue weighted by Crippen LogP contribution is 2.43. The minimum absolute atomic E-state index is 0.00860. The maximum absolute atomic E-state index is 12.0. The van der Waals surface area contributed by atoms with E-state index in [9.17, 15) is 4.79 Å². The second-order valence-electron chi connectivity index (χ2n) is 6.11. The van der Waals surface area contributed by atoms with Gasteiger partial charge in [-0.15, -0.1) is 0 Å². The van der Waals surface area contributed by atoms with Gasteiger partial charge in [-0.2, -0.15) is 0 Å². The van der Waals surface area contributed by atoms with E-state index in [1.165, 1.54) is 38.5 Å². The highest BCUT2D eigenvalue weighted by molar-refractivity contribution is 5.77. The van der Waals surface area contributed by atoms with E-state index < -0.39 is 0 Å². The third kappa shape index (κ3) is 1.86. The molecule has 0 radical (unpaired) electrons. The average Bonchev–Trinajstić information content (AvgIpc) is 2.94. The molecule has 0 unspecified atom stereocenters. The molecule has 3 aliphatic rings. The zero-order chi connectivity index (χ0) is 11.2. The molecule has 1 aliphatic heterocycles. The van der Waals surface area contributed by atoms with Gasteiger partial charge in [-0.3, -0.25) is 4.79 Å². The summed E-state index contributed by atoms with van der Waals surface area (Å²) in [5.41, 5.74) is 6.24. The van der Waals surface area contributed by atoms with Crippen molar-refractivity contribution in [3.8, 4) is 0 Å². The minimum Gasteiger partial charge on any atom is -0.339 e. The van der Waals surface area contributed by atoms with E-state index in [1.807, 2.05) is 4.90 Å². The Morgan fingerprint density at radius 3 is 2.38 bits per heavy atom. The van der Waals surface area contributed by atoms with E-state index in [2.05, 4.69) is 0 Å². The zero-order valence-corrected chi connectivity index (χ0v) is 9.95. The van der Waals surface area contributed by atoms with Crippen LogP contribution in [0.25, 0.3) is 0 Å². The fourth-order valence-corrected chi connectivity index (χ4v) is 3.35. The molecule has 3 fully saturated rings. The van der Waals surface area contributed by atoms with Crippen molar-refractivity contribution >= 4 is 5.91 Å². The van der Waals surface area contributed by atoms with E-state index in [0.29, 0.717) is 17.7 Å². The maximum atomic E-state index is 12.0. The normalized spacial score (nSPS) is 29.2. The van der Waals surface area contributed by atoms with Gasteiger partial charge in [0.05, 0.1) is 5.54 Å². The predicted molar refractivity (Wildman–Crippen MR) is 62.8 cm³/mol. The summed E-state index contributed by atoms with van der Waals surface area (Å²) in [6.45, 7) is 1.65. The molecule has 3 rings (SSSR count). The highest BCUT2D eigenvalue weighted by atomic mass is 16.2. The summed E-state index contributed by atoms with van der Waals surface area (Å²) in [6.07, 6.45) is 8.50. The zero-order valence-electron chi connectivity index (χ0n) is 9.95. The van der Waals surface area contributed by atoms with E-state index >= 15 is 0 Å². The largest absolute Gasteiger partial charge is 0.339 e. The second kappa shape index (κ2) is 3.73.